The van der Waals surface area contributed by atoms with Gasteiger partial charge in [0.1, 0.15) is 0 Å². The van der Waals surface area contributed by atoms with Crippen molar-refractivity contribution in [2.45, 2.75) is 46.0 Å². The van der Waals surface area contributed by atoms with Crippen LogP contribution in [0.15, 0.2) is 0 Å². The van der Waals surface area contributed by atoms with E-state index < -0.39 is 0 Å². The predicted octanol–water partition coefficient (Wildman–Crippen LogP) is 1.54. The Morgan fingerprint density at radius 1 is 1.00 bits per heavy atom. The molecule has 0 saturated heterocycles. The number of nitrogens with zero attached hydrogens (tertiary/aromatic N) is 3. The van der Waals surface area contributed by atoms with Gasteiger partial charge in [-0.2, -0.15) is 5.10 Å². The van der Waals surface area contributed by atoms with Gasteiger partial charge >= 0.3 is 0 Å². The quantitative estimate of drug-likeness (QED) is 0.671. The number of nitrogens with two attached hydrogens (primary N) is 1. The molecule has 0 aliphatic carbocycles. The molecule has 0 aliphatic heterocycles. The largest absolute Gasteiger partial charge is 0.353 e. The molecule has 0 unspecified atom stereocenters. The third-order valence-corrected chi connectivity index (χ3v) is 2.67. The van der Waals surface area contributed by atoms with Crippen molar-refractivity contribution in [2.75, 3.05) is 18.4 Å². The van der Waals surface area contributed by atoms with Gasteiger partial charge in [0.25, 0.3) is 0 Å². The van der Waals surface area contributed by atoms with E-state index in [-0.39, 0.29) is 0 Å². The highest BCUT2D eigenvalue weighted by atomic mass is 15.2. The number of hydrogen-bond donors (Lipinski definition) is 2. The summed E-state index contributed by atoms with van der Waals surface area (Å²) in [6.45, 7) is 5.82. The molecule has 0 fully saturated rings. The Balaban J connectivity index is 2.43. The van der Waals surface area contributed by atoms with Crippen LogP contribution in [-0.4, -0.2) is 28.3 Å². The zero-order valence-corrected chi connectivity index (χ0v) is 10.9. The summed E-state index contributed by atoms with van der Waals surface area (Å²) < 4.78 is 0. The number of aryl methyl sites for hydroxylation is 2. The topological polar surface area (TPSA) is 76.7 Å². The fourth-order valence-electron chi connectivity index (χ4n) is 1.66. The number of anilines is 1. The molecule has 96 valence electrons. The van der Waals surface area contributed by atoms with E-state index in [1.807, 2.05) is 0 Å². The monoisotopic (exact) mass is 237 g/mol. The Morgan fingerprint density at radius 3 is 2.41 bits per heavy atom. The van der Waals surface area contributed by atoms with Gasteiger partial charge in [-0.05, 0) is 32.2 Å². The zero-order chi connectivity index (χ0) is 12.5. The SMILES string of the molecule is CCc1nnc(NCCCCCN)nc1CC. The van der Waals surface area contributed by atoms with E-state index in [1.54, 1.807) is 0 Å². The lowest BCUT2D eigenvalue weighted by atomic mass is 10.2. The van der Waals surface area contributed by atoms with Crippen molar-refractivity contribution < 1.29 is 0 Å². The second-order valence-electron chi connectivity index (χ2n) is 4.01. The molecule has 0 spiro atoms. The summed E-state index contributed by atoms with van der Waals surface area (Å²) in [7, 11) is 0. The standard InChI is InChI=1S/C12H23N5/c1-3-10-11(4-2)16-17-12(15-10)14-9-7-5-6-8-13/h3-9,13H2,1-2H3,(H,14,15,17). The molecule has 0 atom stereocenters. The molecule has 0 bridgehead atoms. The maximum atomic E-state index is 5.44. The van der Waals surface area contributed by atoms with E-state index in [2.05, 4.69) is 34.3 Å². The number of unbranched alkanes of at least 4 members (excludes halogenated alkanes) is 2. The van der Waals surface area contributed by atoms with Crippen molar-refractivity contribution in [3.8, 4) is 0 Å². The number of rotatable bonds is 8. The van der Waals surface area contributed by atoms with E-state index in [4.69, 9.17) is 5.73 Å². The van der Waals surface area contributed by atoms with E-state index in [0.717, 1.165) is 56.6 Å². The van der Waals surface area contributed by atoms with Crippen LogP contribution < -0.4 is 11.1 Å². The van der Waals surface area contributed by atoms with Gasteiger partial charge in [0, 0.05) is 6.54 Å². The van der Waals surface area contributed by atoms with Crippen molar-refractivity contribution in [1.82, 2.24) is 15.2 Å². The first-order chi connectivity index (χ1) is 8.31. The first-order valence-corrected chi connectivity index (χ1v) is 6.48. The highest BCUT2D eigenvalue weighted by Gasteiger charge is 2.05. The molecule has 1 heterocycles. The second kappa shape index (κ2) is 7.95. The van der Waals surface area contributed by atoms with Crippen LogP contribution in [0, 0.1) is 0 Å². The average Bonchev–Trinajstić information content (AvgIpc) is 2.38. The minimum absolute atomic E-state index is 0.645. The Bertz CT molecular complexity index is 327. The summed E-state index contributed by atoms with van der Waals surface area (Å²) in [6, 6.07) is 0. The molecule has 0 amide bonds. The van der Waals surface area contributed by atoms with Crippen LogP contribution in [-0.2, 0) is 12.8 Å². The maximum absolute atomic E-state index is 5.44. The van der Waals surface area contributed by atoms with Gasteiger partial charge < -0.3 is 11.1 Å². The summed E-state index contributed by atoms with van der Waals surface area (Å²) in [5.74, 6) is 0.645. The Morgan fingerprint density at radius 2 is 1.76 bits per heavy atom. The maximum Gasteiger partial charge on any atom is 0.242 e. The van der Waals surface area contributed by atoms with Crippen LogP contribution in [0.5, 0.6) is 0 Å². The molecule has 1 rings (SSSR count). The van der Waals surface area contributed by atoms with Crippen molar-refractivity contribution in [1.29, 1.82) is 0 Å². The third-order valence-electron chi connectivity index (χ3n) is 2.67. The molecule has 0 radical (unpaired) electrons. The summed E-state index contributed by atoms with van der Waals surface area (Å²) in [5, 5.41) is 11.5. The van der Waals surface area contributed by atoms with Gasteiger partial charge in [0.15, 0.2) is 0 Å². The summed E-state index contributed by atoms with van der Waals surface area (Å²) in [5.41, 5.74) is 7.49. The summed E-state index contributed by atoms with van der Waals surface area (Å²) >= 11 is 0. The second-order valence-corrected chi connectivity index (χ2v) is 4.01. The molecular formula is C12H23N5. The van der Waals surface area contributed by atoms with Gasteiger partial charge in [-0.15, -0.1) is 5.10 Å². The van der Waals surface area contributed by atoms with E-state index in [9.17, 15) is 0 Å². The van der Waals surface area contributed by atoms with Gasteiger partial charge in [-0.3, -0.25) is 0 Å². The molecule has 17 heavy (non-hydrogen) atoms. The first kappa shape index (κ1) is 13.8. The molecule has 3 N–H and O–H groups in total. The minimum atomic E-state index is 0.645. The summed E-state index contributed by atoms with van der Waals surface area (Å²) in [6.07, 6.45) is 5.11. The highest BCUT2D eigenvalue weighted by Crippen LogP contribution is 2.06. The van der Waals surface area contributed by atoms with Crippen molar-refractivity contribution in [2.24, 2.45) is 5.73 Å². The van der Waals surface area contributed by atoms with Crippen LogP contribution in [0.1, 0.15) is 44.5 Å². The molecule has 0 aliphatic rings. The number of nitrogens with one attached hydrogen (secondary N) is 1. The Hall–Kier alpha value is -1.23. The van der Waals surface area contributed by atoms with Crippen LogP contribution >= 0.6 is 0 Å². The molecule has 5 heteroatoms. The number of aromatic nitrogens is 3. The van der Waals surface area contributed by atoms with E-state index in [1.165, 1.54) is 0 Å². The molecule has 5 nitrogen and oxygen atoms in total. The lowest BCUT2D eigenvalue weighted by Gasteiger charge is -2.07. The molecule has 0 saturated carbocycles. The lowest BCUT2D eigenvalue weighted by Crippen LogP contribution is -2.10. The zero-order valence-electron chi connectivity index (χ0n) is 10.9. The highest BCUT2D eigenvalue weighted by molar-refractivity contribution is 5.25. The van der Waals surface area contributed by atoms with E-state index >= 15 is 0 Å². The van der Waals surface area contributed by atoms with Gasteiger partial charge in [0.2, 0.25) is 5.95 Å². The predicted molar refractivity (Wildman–Crippen MR) is 70.0 cm³/mol. The lowest BCUT2D eigenvalue weighted by molar-refractivity contribution is 0.702. The molecule has 1 aromatic heterocycles. The van der Waals surface area contributed by atoms with Gasteiger partial charge in [-0.1, -0.05) is 20.3 Å². The van der Waals surface area contributed by atoms with Crippen molar-refractivity contribution in [3.63, 3.8) is 0 Å². The van der Waals surface area contributed by atoms with Crippen LogP contribution in [0.4, 0.5) is 5.95 Å². The molecule has 0 aromatic carbocycles. The Labute approximate surface area is 103 Å². The molecule has 1 aromatic rings. The first-order valence-electron chi connectivity index (χ1n) is 6.48. The Kier molecular flexibility index (Phi) is 6.47. The fourth-order valence-corrected chi connectivity index (χ4v) is 1.66. The van der Waals surface area contributed by atoms with Crippen LogP contribution in [0.25, 0.3) is 0 Å². The van der Waals surface area contributed by atoms with Crippen molar-refractivity contribution >= 4 is 5.95 Å². The van der Waals surface area contributed by atoms with Crippen molar-refractivity contribution in [3.05, 3.63) is 11.4 Å². The van der Waals surface area contributed by atoms with Crippen LogP contribution in [0.2, 0.25) is 0 Å². The normalized spacial score (nSPS) is 10.5. The van der Waals surface area contributed by atoms with E-state index in [0.29, 0.717) is 5.95 Å². The molecular weight excluding hydrogens is 214 g/mol. The van der Waals surface area contributed by atoms with Gasteiger partial charge in [-0.25, -0.2) is 4.98 Å². The number of hydrogen-bond acceptors (Lipinski definition) is 5. The summed E-state index contributed by atoms with van der Waals surface area (Å²) in [4.78, 5) is 4.47. The van der Waals surface area contributed by atoms with Gasteiger partial charge in [0.05, 0.1) is 11.4 Å². The average molecular weight is 237 g/mol. The third kappa shape index (κ3) is 4.65. The smallest absolute Gasteiger partial charge is 0.242 e. The van der Waals surface area contributed by atoms with Crippen LogP contribution in [0.3, 0.4) is 0 Å². The minimum Gasteiger partial charge on any atom is -0.353 e. The fraction of sp³-hybridized carbons (Fsp3) is 0.750.